The highest BCUT2D eigenvalue weighted by atomic mass is 19.4. The minimum absolute atomic E-state index is 0.0801. The molecule has 1 aliphatic rings. The van der Waals surface area contributed by atoms with Gasteiger partial charge in [0.2, 0.25) is 0 Å². The van der Waals surface area contributed by atoms with Crippen molar-refractivity contribution in [3.05, 3.63) is 46.8 Å². The van der Waals surface area contributed by atoms with Crippen molar-refractivity contribution >= 4 is 6.09 Å². The van der Waals surface area contributed by atoms with Crippen molar-refractivity contribution < 1.29 is 32.2 Å². The van der Waals surface area contributed by atoms with E-state index < -0.39 is 23.9 Å². The van der Waals surface area contributed by atoms with Gasteiger partial charge in [-0.3, -0.25) is 9.58 Å². The van der Waals surface area contributed by atoms with Crippen molar-refractivity contribution in [2.45, 2.75) is 65.7 Å². The standard InChI is InChI=1S/C24H33F3N4O4/c1-23(2,3)11-18(35-22(28)32)14-34-15-19-21(24(25,26)27)20-13-30(9-10-31(20)29-19)12-16-5-7-17(33-4)8-6-16/h5-8,18H,9-15H2,1-4H3,(H2,28,32)/t18-/m0/s1. The zero-order valence-electron chi connectivity index (χ0n) is 20.5. The highest BCUT2D eigenvalue weighted by Crippen LogP contribution is 2.37. The minimum Gasteiger partial charge on any atom is -0.497 e. The molecule has 8 nitrogen and oxygen atoms in total. The van der Waals surface area contributed by atoms with E-state index in [1.165, 1.54) is 4.68 Å². The number of benzene rings is 1. The molecular formula is C24H33F3N4O4. The van der Waals surface area contributed by atoms with Gasteiger partial charge in [0.15, 0.2) is 0 Å². The molecule has 35 heavy (non-hydrogen) atoms. The maximum absolute atomic E-state index is 14.1. The second-order valence-corrected chi connectivity index (χ2v) is 9.89. The summed E-state index contributed by atoms with van der Waals surface area (Å²) in [5.41, 5.74) is 5.11. The Kier molecular flexibility index (Phi) is 8.32. The molecule has 194 valence electrons. The van der Waals surface area contributed by atoms with Gasteiger partial charge in [-0.05, 0) is 29.5 Å². The number of amides is 1. The molecule has 0 spiro atoms. The Labute approximate surface area is 203 Å². The number of aromatic nitrogens is 2. The van der Waals surface area contributed by atoms with Gasteiger partial charge >= 0.3 is 12.3 Å². The van der Waals surface area contributed by atoms with Crippen LogP contribution in [0.5, 0.6) is 5.75 Å². The maximum atomic E-state index is 14.1. The normalized spacial score (nSPS) is 15.5. The molecule has 0 radical (unpaired) electrons. The number of hydrogen-bond donors (Lipinski definition) is 1. The first kappa shape index (κ1) is 26.8. The van der Waals surface area contributed by atoms with Gasteiger partial charge in [-0.15, -0.1) is 0 Å². The van der Waals surface area contributed by atoms with Crippen molar-refractivity contribution in [1.82, 2.24) is 14.7 Å². The Hall–Kier alpha value is -2.79. The number of carbonyl (C=O) groups is 1. The van der Waals surface area contributed by atoms with Gasteiger partial charge in [-0.2, -0.15) is 18.3 Å². The van der Waals surface area contributed by atoms with Crippen molar-refractivity contribution in [2.24, 2.45) is 11.1 Å². The first-order valence-electron chi connectivity index (χ1n) is 11.4. The Morgan fingerprint density at radius 1 is 1.17 bits per heavy atom. The predicted octanol–water partition coefficient (Wildman–Crippen LogP) is 4.34. The molecule has 2 heterocycles. The number of halogens is 3. The van der Waals surface area contributed by atoms with Gasteiger partial charge in [-0.25, -0.2) is 4.79 Å². The number of primary amides is 1. The smallest absolute Gasteiger partial charge is 0.420 e. The monoisotopic (exact) mass is 498 g/mol. The van der Waals surface area contributed by atoms with Crippen LogP contribution >= 0.6 is 0 Å². The summed E-state index contributed by atoms with van der Waals surface area (Å²) in [4.78, 5) is 13.2. The van der Waals surface area contributed by atoms with Gasteiger partial charge in [0.05, 0.1) is 32.6 Å². The van der Waals surface area contributed by atoms with Crippen LogP contribution in [0.25, 0.3) is 0 Å². The van der Waals surface area contributed by atoms with Crippen LogP contribution in [0.15, 0.2) is 24.3 Å². The van der Waals surface area contributed by atoms with Crippen LogP contribution in [0, 0.1) is 5.41 Å². The van der Waals surface area contributed by atoms with E-state index in [-0.39, 0.29) is 36.6 Å². The van der Waals surface area contributed by atoms with E-state index in [9.17, 15) is 18.0 Å². The Morgan fingerprint density at radius 2 is 1.86 bits per heavy atom. The number of alkyl halides is 3. The molecule has 0 saturated heterocycles. The Morgan fingerprint density at radius 3 is 2.43 bits per heavy atom. The van der Waals surface area contributed by atoms with Crippen LogP contribution in [-0.2, 0) is 41.9 Å². The summed E-state index contributed by atoms with van der Waals surface area (Å²) < 4.78 is 59.4. The summed E-state index contributed by atoms with van der Waals surface area (Å²) in [5.74, 6) is 0.723. The lowest BCUT2D eigenvalue weighted by Crippen LogP contribution is -2.34. The van der Waals surface area contributed by atoms with Crippen LogP contribution in [-0.4, -0.2) is 47.1 Å². The van der Waals surface area contributed by atoms with Gasteiger partial charge in [0.25, 0.3) is 0 Å². The Balaban J connectivity index is 1.72. The molecule has 1 aliphatic heterocycles. The maximum Gasteiger partial charge on any atom is 0.420 e. The number of carbonyl (C=O) groups excluding carboxylic acids is 1. The van der Waals surface area contributed by atoms with Crippen LogP contribution in [0.4, 0.5) is 18.0 Å². The van der Waals surface area contributed by atoms with E-state index in [0.717, 1.165) is 11.3 Å². The van der Waals surface area contributed by atoms with E-state index in [1.54, 1.807) is 7.11 Å². The SMILES string of the molecule is COc1ccc(CN2CCn3nc(COC[C@H](CC(C)(C)C)OC(N)=O)c(C(F)(F)F)c3C2)cc1. The van der Waals surface area contributed by atoms with E-state index >= 15 is 0 Å². The first-order chi connectivity index (χ1) is 16.4. The average Bonchev–Trinajstić information content (AvgIpc) is 3.10. The fourth-order valence-electron chi connectivity index (χ4n) is 4.25. The molecule has 2 aromatic rings. The molecule has 0 saturated carbocycles. The number of rotatable bonds is 9. The van der Waals surface area contributed by atoms with Crippen molar-refractivity contribution in [1.29, 1.82) is 0 Å². The number of ether oxygens (including phenoxy) is 3. The third-order valence-corrected chi connectivity index (χ3v) is 5.65. The van der Waals surface area contributed by atoms with Crippen molar-refractivity contribution in [3.8, 4) is 5.75 Å². The summed E-state index contributed by atoms with van der Waals surface area (Å²) in [7, 11) is 1.58. The summed E-state index contributed by atoms with van der Waals surface area (Å²) in [6.07, 6.45) is -5.75. The second-order valence-electron chi connectivity index (χ2n) is 9.89. The fraction of sp³-hybridized carbons (Fsp3) is 0.583. The van der Waals surface area contributed by atoms with Crippen LogP contribution in [0.1, 0.15) is 49.7 Å². The molecule has 0 fully saturated rings. The van der Waals surface area contributed by atoms with Gasteiger partial charge < -0.3 is 19.9 Å². The number of nitrogens with two attached hydrogens (primary N) is 1. The highest BCUT2D eigenvalue weighted by molar-refractivity contribution is 5.64. The van der Waals surface area contributed by atoms with E-state index in [4.69, 9.17) is 19.9 Å². The first-order valence-corrected chi connectivity index (χ1v) is 11.4. The van der Waals surface area contributed by atoms with Crippen molar-refractivity contribution in [3.63, 3.8) is 0 Å². The lowest BCUT2D eigenvalue weighted by molar-refractivity contribution is -0.140. The number of hydrogen-bond acceptors (Lipinski definition) is 6. The molecule has 0 bridgehead atoms. The van der Waals surface area contributed by atoms with Crippen LogP contribution < -0.4 is 10.5 Å². The lowest BCUT2D eigenvalue weighted by atomic mass is 9.89. The number of methoxy groups -OCH3 is 1. The zero-order valence-corrected chi connectivity index (χ0v) is 20.5. The molecule has 1 aromatic carbocycles. The van der Waals surface area contributed by atoms with Crippen LogP contribution in [0.2, 0.25) is 0 Å². The molecule has 1 aromatic heterocycles. The van der Waals surface area contributed by atoms with Crippen molar-refractivity contribution in [2.75, 3.05) is 20.3 Å². The summed E-state index contributed by atoms with van der Waals surface area (Å²) in [6, 6.07) is 7.46. The summed E-state index contributed by atoms with van der Waals surface area (Å²) >= 11 is 0. The third kappa shape index (κ3) is 7.60. The number of fused-ring (bicyclic) bond motifs is 1. The minimum atomic E-state index is -4.58. The highest BCUT2D eigenvalue weighted by Gasteiger charge is 2.41. The summed E-state index contributed by atoms with van der Waals surface area (Å²) in [6.45, 7) is 6.96. The topological polar surface area (TPSA) is 91.8 Å². The van der Waals surface area contributed by atoms with Gasteiger partial charge in [-0.1, -0.05) is 32.9 Å². The van der Waals surface area contributed by atoms with E-state index in [0.29, 0.717) is 26.1 Å². The lowest BCUT2D eigenvalue weighted by Gasteiger charge is -2.28. The molecule has 1 amide bonds. The van der Waals surface area contributed by atoms with Crippen LogP contribution in [0.3, 0.4) is 0 Å². The zero-order chi connectivity index (χ0) is 25.8. The number of nitrogens with zero attached hydrogens (tertiary/aromatic N) is 3. The molecule has 2 N–H and O–H groups in total. The average molecular weight is 499 g/mol. The predicted molar refractivity (Wildman–Crippen MR) is 123 cm³/mol. The molecular weight excluding hydrogens is 465 g/mol. The quantitative estimate of drug-likeness (QED) is 0.553. The Bertz CT molecular complexity index is 1000. The summed E-state index contributed by atoms with van der Waals surface area (Å²) in [5, 5.41) is 4.21. The largest absolute Gasteiger partial charge is 0.497 e. The molecule has 0 aliphatic carbocycles. The fourth-order valence-corrected chi connectivity index (χ4v) is 4.25. The van der Waals surface area contributed by atoms with E-state index in [2.05, 4.69) is 5.10 Å². The van der Waals surface area contributed by atoms with Gasteiger partial charge in [0.1, 0.15) is 23.1 Å². The second kappa shape index (κ2) is 10.9. The van der Waals surface area contributed by atoms with Gasteiger partial charge in [0, 0.05) is 19.6 Å². The molecule has 11 heteroatoms. The molecule has 1 atom stereocenters. The third-order valence-electron chi connectivity index (χ3n) is 5.65. The van der Waals surface area contributed by atoms with E-state index in [1.807, 2.05) is 49.9 Å². The molecule has 3 rings (SSSR count). The molecule has 0 unspecified atom stereocenters.